The van der Waals surface area contributed by atoms with Crippen molar-refractivity contribution in [2.24, 2.45) is 0 Å². The number of rotatable bonds is 42. The average molecular weight is 872 g/mol. The molecule has 8 nitrogen and oxygen atoms in total. The van der Waals surface area contributed by atoms with Gasteiger partial charge in [-0.1, -0.05) is 182 Å². The van der Waals surface area contributed by atoms with Gasteiger partial charge in [-0.15, -0.1) is 0 Å². The van der Waals surface area contributed by atoms with Crippen LogP contribution >= 0.6 is 7.82 Å². The number of nitrogens with zero attached hydrogens (tertiary/aromatic N) is 1. The van der Waals surface area contributed by atoms with E-state index in [1.807, 2.05) is 27.2 Å². The summed E-state index contributed by atoms with van der Waals surface area (Å²) in [7, 11) is 1.53. The molecule has 0 saturated heterocycles. The maximum Gasteiger partial charge on any atom is 0.472 e. The van der Waals surface area contributed by atoms with E-state index in [0.29, 0.717) is 17.4 Å². The lowest BCUT2D eigenvalue weighted by Crippen LogP contribution is -2.45. The van der Waals surface area contributed by atoms with Crippen LogP contribution in [0.4, 0.5) is 0 Å². The van der Waals surface area contributed by atoms with Crippen LogP contribution < -0.4 is 5.32 Å². The molecule has 9 heteroatoms. The lowest BCUT2D eigenvalue weighted by Gasteiger charge is -2.25. The number of quaternary nitrogens is 1. The number of carbonyl (C=O) groups is 1. The molecule has 61 heavy (non-hydrogen) atoms. The Bertz CT molecular complexity index is 1310. The molecule has 0 bridgehead atoms. The van der Waals surface area contributed by atoms with Crippen molar-refractivity contribution in [2.45, 2.75) is 187 Å². The van der Waals surface area contributed by atoms with E-state index in [0.717, 1.165) is 83.5 Å². The second-order valence-corrected chi connectivity index (χ2v) is 18.5. The predicted octanol–water partition coefficient (Wildman–Crippen LogP) is 13.9. The topological polar surface area (TPSA) is 105 Å². The quantitative estimate of drug-likeness (QED) is 0.0244. The number of likely N-dealkylation sites (N-methyl/N-ethyl adjacent to an activating group) is 1. The van der Waals surface area contributed by atoms with E-state index < -0.39 is 20.0 Å². The lowest BCUT2D eigenvalue weighted by molar-refractivity contribution is -0.870. The average Bonchev–Trinajstić information content (AvgIpc) is 3.21. The Morgan fingerprint density at radius 1 is 0.574 bits per heavy atom. The first-order valence-electron chi connectivity index (χ1n) is 24.1. The van der Waals surface area contributed by atoms with Crippen LogP contribution in [0.2, 0.25) is 0 Å². The maximum absolute atomic E-state index is 12.9. The standard InChI is InChI=1S/C52H91N2O6P/c1-6-8-10-12-14-16-18-19-20-21-22-23-24-25-26-27-28-29-30-31-32-33-34-35-36-38-40-42-44-46-52(56)53-50(49-60-61(57,58)59-48-47-54(3,4)5)51(55)45-43-41-39-37-17-15-13-11-9-7-2/h8,10,14,16-17,19-20,22-23,25-26,28-29,37,43,45,50-51,55H,6-7,9,11-13,15,18,21,24,27,30-36,38-42,44,46-49H2,1-5H3,(H-,53,56,57,58)/p+1/b10-8-,16-14-,20-19-,23-22-,26-25-,29-28-,37-17+,45-43+. The Morgan fingerprint density at radius 3 is 1.51 bits per heavy atom. The second-order valence-electron chi connectivity index (χ2n) is 17.1. The number of carbonyl (C=O) groups excluding carboxylic acids is 1. The molecule has 0 saturated carbocycles. The van der Waals surface area contributed by atoms with Gasteiger partial charge in [0, 0.05) is 6.42 Å². The largest absolute Gasteiger partial charge is 0.472 e. The molecule has 3 unspecified atom stereocenters. The molecule has 0 aromatic heterocycles. The van der Waals surface area contributed by atoms with Crippen LogP contribution in [0, 0.1) is 0 Å². The zero-order valence-electron chi connectivity index (χ0n) is 39.6. The molecule has 1 amide bonds. The van der Waals surface area contributed by atoms with Crippen LogP contribution in [0.25, 0.3) is 0 Å². The zero-order chi connectivity index (χ0) is 45.0. The maximum atomic E-state index is 12.9. The van der Waals surface area contributed by atoms with Crippen LogP contribution in [0.5, 0.6) is 0 Å². The third kappa shape index (κ3) is 45.3. The number of hydrogen-bond acceptors (Lipinski definition) is 5. The molecular formula is C52H92N2O6P+. The summed E-state index contributed by atoms with van der Waals surface area (Å²) in [4.78, 5) is 23.1. The number of phosphoric acid groups is 1. The fraction of sp³-hybridized carbons (Fsp3) is 0.673. The van der Waals surface area contributed by atoms with Crippen LogP contribution in [0.15, 0.2) is 97.2 Å². The summed E-state index contributed by atoms with van der Waals surface area (Å²) in [6.45, 7) is 4.61. The van der Waals surface area contributed by atoms with Crippen molar-refractivity contribution >= 4 is 13.7 Å². The number of allylic oxidation sites excluding steroid dienone is 15. The minimum Gasteiger partial charge on any atom is -0.387 e. The van der Waals surface area contributed by atoms with Gasteiger partial charge in [0.25, 0.3) is 0 Å². The molecule has 0 aromatic rings. The Hall–Kier alpha value is -2.58. The van der Waals surface area contributed by atoms with Crippen LogP contribution in [-0.4, -0.2) is 73.4 Å². The number of hydrogen-bond donors (Lipinski definition) is 3. The summed E-state index contributed by atoms with van der Waals surface area (Å²) in [5, 5.41) is 13.8. The van der Waals surface area contributed by atoms with E-state index in [1.54, 1.807) is 6.08 Å². The summed E-state index contributed by atoms with van der Waals surface area (Å²) < 4.78 is 23.5. The number of amides is 1. The molecule has 0 rings (SSSR count). The minimum absolute atomic E-state index is 0.0502. The van der Waals surface area contributed by atoms with Gasteiger partial charge in [0.2, 0.25) is 5.91 Å². The van der Waals surface area contributed by atoms with E-state index >= 15 is 0 Å². The van der Waals surface area contributed by atoms with Gasteiger partial charge in [0.05, 0.1) is 39.9 Å². The van der Waals surface area contributed by atoms with E-state index in [2.05, 4.69) is 104 Å². The first kappa shape index (κ1) is 58.4. The van der Waals surface area contributed by atoms with Crippen LogP contribution in [0.1, 0.15) is 174 Å². The zero-order valence-corrected chi connectivity index (χ0v) is 40.5. The van der Waals surface area contributed by atoms with Crippen molar-refractivity contribution in [3.8, 4) is 0 Å². The van der Waals surface area contributed by atoms with Crippen molar-refractivity contribution in [3.05, 3.63) is 97.2 Å². The summed E-state index contributed by atoms with van der Waals surface area (Å²) in [6.07, 6.45) is 60.7. The molecule has 3 atom stereocenters. The third-order valence-electron chi connectivity index (χ3n) is 10.0. The number of aliphatic hydroxyl groups excluding tert-OH is 1. The van der Waals surface area contributed by atoms with Crippen molar-refractivity contribution in [2.75, 3.05) is 40.9 Å². The van der Waals surface area contributed by atoms with Gasteiger partial charge in [-0.3, -0.25) is 13.8 Å². The number of aliphatic hydroxyl groups is 1. The molecule has 3 N–H and O–H groups in total. The number of unbranched alkanes of at least 4 members (excludes halogenated alkanes) is 15. The highest BCUT2D eigenvalue weighted by Crippen LogP contribution is 2.43. The predicted molar refractivity (Wildman–Crippen MR) is 262 cm³/mol. The van der Waals surface area contributed by atoms with E-state index in [9.17, 15) is 19.4 Å². The first-order valence-corrected chi connectivity index (χ1v) is 25.6. The third-order valence-corrected chi connectivity index (χ3v) is 11.0. The van der Waals surface area contributed by atoms with Crippen molar-refractivity contribution in [1.29, 1.82) is 0 Å². The summed E-state index contributed by atoms with van der Waals surface area (Å²) in [6, 6.07) is -0.869. The first-order chi connectivity index (χ1) is 29.5. The van der Waals surface area contributed by atoms with Crippen molar-refractivity contribution in [3.63, 3.8) is 0 Å². The van der Waals surface area contributed by atoms with Crippen LogP contribution in [-0.2, 0) is 18.4 Å². The Labute approximate surface area is 375 Å². The van der Waals surface area contributed by atoms with Gasteiger partial charge in [-0.2, -0.15) is 0 Å². The Balaban J connectivity index is 4.20. The fourth-order valence-corrected chi connectivity index (χ4v) is 6.97. The minimum atomic E-state index is -4.35. The molecule has 350 valence electrons. The highest BCUT2D eigenvalue weighted by atomic mass is 31.2. The molecule has 0 aliphatic heterocycles. The number of nitrogens with one attached hydrogen (secondary N) is 1. The second kappa shape index (κ2) is 42.7. The molecular weight excluding hydrogens is 780 g/mol. The molecule has 0 aliphatic carbocycles. The molecule has 0 aliphatic rings. The summed E-state index contributed by atoms with van der Waals surface area (Å²) in [5.74, 6) is -0.199. The normalized spacial score (nSPS) is 15.1. The highest BCUT2D eigenvalue weighted by molar-refractivity contribution is 7.47. The Morgan fingerprint density at radius 2 is 1.00 bits per heavy atom. The van der Waals surface area contributed by atoms with Gasteiger partial charge in [0.1, 0.15) is 13.2 Å². The summed E-state index contributed by atoms with van der Waals surface area (Å²) in [5.41, 5.74) is 0. The van der Waals surface area contributed by atoms with E-state index in [-0.39, 0.29) is 19.1 Å². The van der Waals surface area contributed by atoms with Crippen LogP contribution in [0.3, 0.4) is 0 Å². The van der Waals surface area contributed by atoms with Crippen molar-refractivity contribution < 1.29 is 32.9 Å². The summed E-state index contributed by atoms with van der Waals surface area (Å²) >= 11 is 0. The Kier molecular flexibility index (Phi) is 40.9. The molecule has 0 fully saturated rings. The van der Waals surface area contributed by atoms with Gasteiger partial charge >= 0.3 is 7.82 Å². The van der Waals surface area contributed by atoms with Gasteiger partial charge in [0.15, 0.2) is 0 Å². The smallest absolute Gasteiger partial charge is 0.387 e. The van der Waals surface area contributed by atoms with Crippen molar-refractivity contribution in [1.82, 2.24) is 5.32 Å². The van der Waals surface area contributed by atoms with Gasteiger partial charge < -0.3 is 19.8 Å². The number of phosphoric ester groups is 1. The molecule has 0 radical (unpaired) electrons. The van der Waals surface area contributed by atoms with Gasteiger partial charge in [-0.25, -0.2) is 4.57 Å². The SMILES string of the molecule is CC/C=C\C/C=C\C/C=C\C/C=C\C/C=C\C/C=C\CCCCCCCCCCCCC(=O)NC(COP(=O)(O)OCC[N+](C)(C)C)C(O)/C=C/CC/C=C/CCCCCC. The molecule has 0 spiro atoms. The van der Waals surface area contributed by atoms with E-state index in [1.165, 1.54) is 70.6 Å². The monoisotopic (exact) mass is 872 g/mol. The lowest BCUT2D eigenvalue weighted by atomic mass is 10.0. The van der Waals surface area contributed by atoms with E-state index in [4.69, 9.17) is 9.05 Å². The molecule has 0 aromatic carbocycles. The van der Waals surface area contributed by atoms with Gasteiger partial charge in [-0.05, 0) is 83.5 Å². The highest BCUT2D eigenvalue weighted by Gasteiger charge is 2.27. The molecule has 0 heterocycles. The fourth-order valence-electron chi connectivity index (χ4n) is 6.23.